The zero-order chi connectivity index (χ0) is 26.9. The molecule has 0 aromatic heterocycles. The van der Waals surface area contributed by atoms with E-state index in [-0.39, 0.29) is 19.1 Å². The number of rotatable bonds is 17. The van der Waals surface area contributed by atoms with E-state index in [0.717, 1.165) is 5.56 Å². The monoisotopic (exact) mass is 515 g/mol. The average Bonchev–Trinajstić information content (AvgIpc) is 2.92. The molecule has 10 nitrogen and oxygen atoms in total. The first-order valence-corrected chi connectivity index (χ1v) is 11.4. The maximum absolute atomic E-state index is 12.5. The number of anilines is 1. The van der Waals surface area contributed by atoms with Crippen LogP contribution in [0.3, 0.4) is 0 Å². The first-order valence-electron chi connectivity index (χ1n) is 11.4. The first kappa shape index (κ1) is 29.5. The summed E-state index contributed by atoms with van der Waals surface area (Å²) in [4.78, 5) is 24.6. The summed E-state index contributed by atoms with van der Waals surface area (Å²) in [5, 5.41) is 2.67. The molecule has 0 atom stereocenters. The molecule has 2 aromatic rings. The van der Waals surface area contributed by atoms with Gasteiger partial charge < -0.3 is 38.5 Å². The van der Waals surface area contributed by atoms with Crippen LogP contribution in [-0.2, 0) is 28.5 Å². The number of allylic oxidation sites excluding steroid dienone is 2. The zero-order valence-electron chi connectivity index (χ0n) is 21.3. The number of amides is 1. The quantitative estimate of drug-likeness (QED) is 0.110. The van der Waals surface area contributed by atoms with Crippen LogP contribution in [0.5, 0.6) is 11.5 Å². The number of ether oxygens (including phenoxy) is 7. The smallest absolute Gasteiger partial charge is 0.339 e. The van der Waals surface area contributed by atoms with Crippen LogP contribution >= 0.6 is 0 Å². The molecule has 0 aliphatic heterocycles. The normalized spacial score (nSPS) is 10.8. The predicted octanol–water partition coefficient (Wildman–Crippen LogP) is 3.82. The third-order valence-corrected chi connectivity index (χ3v) is 4.80. The van der Waals surface area contributed by atoms with Crippen LogP contribution in [0.15, 0.2) is 61.2 Å². The lowest BCUT2D eigenvalue weighted by Gasteiger charge is -2.15. The predicted molar refractivity (Wildman–Crippen MR) is 138 cm³/mol. The Labute approximate surface area is 216 Å². The summed E-state index contributed by atoms with van der Waals surface area (Å²) in [5.41, 5.74) is 1.92. The second kappa shape index (κ2) is 16.9. The van der Waals surface area contributed by atoms with E-state index in [0.29, 0.717) is 49.2 Å². The molecule has 1 amide bonds. The number of methoxy groups -OCH3 is 3. The van der Waals surface area contributed by atoms with Gasteiger partial charge in [0.15, 0.2) is 25.1 Å². The zero-order valence-corrected chi connectivity index (χ0v) is 21.3. The van der Waals surface area contributed by atoms with Crippen LogP contribution < -0.4 is 14.8 Å². The van der Waals surface area contributed by atoms with E-state index < -0.39 is 11.9 Å². The highest BCUT2D eigenvalue weighted by atomic mass is 16.7. The molecule has 2 rings (SSSR count). The molecule has 0 spiro atoms. The average molecular weight is 516 g/mol. The minimum absolute atomic E-state index is 0.00474. The minimum atomic E-state index is -0.596. The van der Waals surface area contributed by atoms with Gasteiger partial charge in [0.25, 0.3) is 0 Å². The van der Waals surface area contributed by atoms with Crippen molar-refractivity contribution in [3.63, 3.8) is 0 Å². The Hall–Kier alpha value is -3.70. The van der Waals surface area contributed by atoms with Crippen molar-refractivity contribution >= 4 is 17.6 Å². The van der Waals surface area contributed by atoms with Gasteiger partial charge in [-0.15, -0.1) is 0 Å². The second-order valence-electron chi connectivity index (χ2n) is 7.32. The third-order valence-electron chi connectivity index (χ3n) is 4.80. The lowest BCUT2D eigenvalue weighted by molar-refractivity contribution is -0.111. The van der Waals surface area contributed by atoms with Crippen LogP contribution in [0.25, 0.3) is 11.1 Å². The molecule has 1 N–H and O–H groups in total. The van der Waals surface area contributed by atoms with Crippen molar-refractivity contribution in [1.82, 2.24) is 0 Å². The van der Waals surface area contributed by atoms with E-state index in [2.05, 4.69) is 11.9 Å². The van der Waals surface area contributed by atoms with Gasteiger partial charge in [0, 0.05) is 20.3 Å². The van der Waals surface area contributed by atoms with Gasteiger partial charge in [-0.25, -0.2) is 4.79 Å². The van der Waals surface area contributed by atoms with Crippen LogP contribution in [0.4, 0.5) is 5.69 Å². The summed E-state index contributed by atoms with van der Waals surface area (Å²) in [7, 11) is 4.44. The van der Waals surface area contributed by atoms with Gasteiger partial charge in [-0.2, -0.15) is 0 Å². The molecule has 0 saturated carbocycles. The standard InChI is InChI=1S/C27H33NO9/c1-5-6-7-26(29)28-23-10-8-20(16-22(23)27(30)33-4)21-9-11-24(36-18-34-14-12-31-2)25(17-21)37-19-35-15-13-32-3/h5-11,16-17H,1,12-15,18-19H2,2-4H3,(H,28,29). The van der Waals surface area contributed by atoms with Crippen molar-refractivity contribution in [2.24, 2.45) is 0 Å². The van der Waals surface area contributed by atoms with E-state index in [1.54, 1.807) is 44.6 Å². The molecule has 200 valence electrons. The van der Waals surface area contributed by atoms with Gasteiger partial charge in [-0.1, -0.05) is 30.9 Å². The molecule has 2 aromatic carbocycles. The Morgan fingerprint density at radius 3 is 2.08 bits per heavy atom. The number of carbonyl (C=O) groups is 2. The molecule has 10 heteroatoms. The fraction of sp³-hybridized carbons (Fsp3) is 0.333. The fourth-order valence-electron chi connectivity index (χ4n) is 2.97. The van der Waals surface area contributed by atoms with Crippen molar-refractivity contribution in [2.75, 3.05) is 66.7 Å². The molecule has 0 saturated heterocycles. The maximum atomic E-state index is 12.5. The maximum Gasteiger partial charge on any atom is 0.339 e. The van der Waals surface area contributed by atoms with Crippen molar-refractivity contribution in [3.8, 4) is 22.6 Å². The van der Waals surface area contributed by atoms with Gasteiger partial charge in [-0.05, 0) is 35.4 Å². The fourth-order valence-corrected chi connectivity index (χ4v) is 2.97. The lowest BCUT2D eigenvalue weighted by Crippen LogP contribution is -2.13. The van der Waals surface area contributed by atoms with Crippen LogP contribution in [0.2, 0.25) is 0 Å². The molecule has 0 bridgehead atoms. The summed E-state index contributed by atoms with van der Waals surface area (Å²) in [6.07, 6.45) is 4.28. The number of esters is 1. The van der Waals surface area contributed by atoms with E-state index in [4.69, 9.17) is 33.2 Å². The highest BCUT2D eigenvalue weighted by Crippen LogP contribution is 2.34. The highest BCUT2D eigenvalue weighted by Gasteiger charge is 2.16. The van der Waals surface area contributed by atoms with E-state index in [1.165, 1.54) is 25.3 Å². The van der Waals surface area contributed by atoms with Gasteiger partial charge >= 0.3 is 5.97 Å². The van der Waals surface area contributed by atoms with Gasteiger partial charge in [0.05, 0.1) is 44.8 Å². The topological polar surface area (TPSA) is 111 Å². The molecular weight excluding hydrogens is 482 g/mol. The van der Waals surface area contributed by atoms with E-state index in [9.17, 15) is 9.59 Å². The van der Waals surface area contributed by atoms with Crippen molar-refractivity contribution in [2.45, 2.75) is 0 Å². The Kier molecular flexibility index (Phi) is 13.5. The highest BCUT2D eigenvalue weighted by molar-refractivity contribution is 6.05. The molecule has 0 aliphatic rings. The largest absolute Gasteiger partial charge is 0.465 e. The van der Waals surface area contributed by atoms with Crippen molar-refractivity contribution in [1.29, 1.82) is 0 Å². The molecule has 0 unspecified atom stereocenters. The Bertz CT molecular complexity index is 1050. The summed E-state index contributed by atoms with van der Waals surface area (Å²) in [6.45, 7) is 5.14. The van der Waals surface area contributed by atoms with Gasteiger partial charge in [-0.3, -0.25) is 4.79 Å². The minimum Gasteiger partial charge on any atom is -0.465 e. The lowest BCUT2D eigenvalue weighted by atomic mass is 10.0. The van der Waals surface area contributed by atoms with E-state index >= 15 is 0 Å². The van der Waals surface area contributed by atoms with Crippen LogP contribution in [0, 0.1) is 0 Å². The Morgan fingerprint density at radius 1 is 0.838 bits per heavy atom. The molecule has 0 radical (unpaired) electrons. The molecule has 0 aliphatic carbocycles. The summed E-state index contributed by atoms with van der Waals surface area (Å²) < 4.78 is 37.1. The first-order chi connectivity index (χ1) is 18.0. The summed E-state index contributed by atoms with van der Waals surface area (Å²) in [5.74, 6) is -0.142. The number of nitrogens with one attached hydrogen (secondary N) is 1. The van der Waals surface area contributed by atoms with Crippen LogP contribution in [0.1, 0.15) is 10.4 Å². The molecule has 0 fully saturated rings. The van der Waals surface area contributed by atoms with Gasteiger partial charge in [0.2, 0.25) is 5.91 Å². The van der Waals surface area contributed by atoms with E-state index in [1.807, 2.05) is 6.07 Å². The molecule has 0 heterocycles. The van der Waals surface area contributed by atoms with Crippen LogP contribution in [-0.4, -0.2) is 73.2 Å². The molecule has 37 heavy (non-hydrogen) atoms. The summed E-state index contributed by atoms with van der Waals surface area (Å²) >= 11 is 0. The van der Waals surface area contributed by atoms with Crippen molar-refractivity contribution < 1.29 is 42.7 Å². The SMILES string of the molecule is C=CC=CC(=O)Nc1ccc(-c2ccc(OCOCCOC)c(OCOCCOC)c2)cc1C(=O)OC. The number of carbonyl (C=O) groups excluding carboxylic acids is 2. The molecular formula is C27H33NO9. The Morgan fingerprint density at radius 2 is 1.46 bits per heavy atom. The third kappa shape index (κ3) is 10.1. The Balaban J connectivity index is 2.30. The van der Waals surface area contributed by atoms with Gasteiger partial charge in [0.1, 0.15) is 0 Å². The number of benzene rings is 2. The second-order valence-corrected chi connectivity index (χ2v) is 7.32. The van der Waals surface area contributed by atoms with Crippen molar-refractivity contribution in [3.05, 3.63) is 66.8 Å². The number of hydrogen-bond donors (Lipinski definition) is 1. The summed E-state index contributed by atoms with van der Waals surface area (Å²) in [6, 6.07) is 10.3. The number of hydrogen-bond acceptors (Lipinski definition) is 9.